The summed E-state index contributed by atoms with van der Waals surface area (Å²) in [4.78, 5) is 71.5. The normalized spacial score (nSPS) is 17.0. The molecule has 3 heterocycles. The van der Waals surface area contributed by atoms with E-state index < -0.39 is 45.2 Å². The molecular formula is C37H38FNO10S3. The molecule has 2 aromatic carbocycles. The number of anilines is 1. The van der Waals surface area contributed by atoms with Gasteiger partial charge in [-0.25, -0.2) is 23.6 Å². The topological polar surface area (TPSA) is 135 Å². The van der Waals surface area contributed by atoms with Crippen molar-refractivity contribution in [3.63, 3.8) is 0 Å². The van der Waals surface area contributed by atoms with Crippen molar-refractivity contribution in [1.29, 1.82) is 0 Å². The molecule has 0 radical (unpaired) electrons. The number of rotatable bonds is 11. The molecule has 2 aromatic rings. The lowest BCUT2D eigenvalue weighted by Gasteiger charge is -2.50. The fraction of sp³-hybridized carbons (Fsp3) is 0.378. The second-order valence-corrected chi connectivity index (χ2v) is 15.4. The molecule has 52 heavy (non-hydrogen) atoms. The van der Waals surface area contributed by atoms with Crippen LogP contribution in [0.5, 0.6) is 5.75 Å². The number of ether oxygens (including phenoxy) is 5. The third-order valence-electron chi connectivity index (χ3n) is 8.05. The highest BCUT2D eigenvalue weighted by Gasteiger charge is 2.62. The van der Waals surface area contributed by atoms with Crippen LogP contribution in [0, 0.1) is 5.82 Å². The zero-order valence-corrected chi connectivity index (χ0v) is 32.2. The highest BCUT2D eigenvalue weighted by atomic mass is 32.2. The van der Waals surface area contributed by atoms with Gasteiger partial charge in [-0.2, -0.15) is 0 Å². The van der Waals surface area contributed by atoms with Crippen molar-refractivity contribution in [2.45, 2.75) is 58.1 Å². The number of halogens is 1. The maximum Gasteiger partial charge on any atom is 0.346 e. The van der Waals surface area contributed by atoms with Gasteiger partial charge in [-0.3, -0.25) is 9.69 Å². The van der Waals surface area contributed by atoms with Gasteiger partial charge in [-0.05, 0) is 84.9 Å². The van der Waals surface area contributed by atoms with Crippen molar-refractivity contribution in [2.24, 2.45) is 0 Å². The van der Waals surface area contributed by atoms with Crippen molar-refractivity contribution in [1.82, 2.24) is 0 Å². The molecule has 0 saturated carbocycles. The Labute approximate surface area is 313 Å². The number of benzene rings is 2. The van der Waals surface area contributed by atoms with Gasteiger partial charge in [0.15, 0.2) is 0 Å². The van der Waals surface area contributed by atoms with Crippen LogP contribution in [0.4, 0.5) is 10.1 Å². The van der Waals surface area contributed by atoms with Crippen LogP contribution in [0.15, 0.2) is 67.7 Å². The molecule has 276 valence electrons. The minimum absolute atomic E-state index is 0.0140. The number of amides is 1. The third-order valence-corrected chi connectivity index (χ3v) is 12.7. The first-order valence-electron chi connectivity index (χ1n) is 16.7. The Balaban J connectivity index is 1.91. The number of nitrogens with zero attached hydrogens (tertiary/aromatic N) is 1. The predicted molar refractivity (Wildman–Crippen MR) is 198 cm³/mol. The summed E-state index contributed by atoms with van der Waals surface area (Å²) in [6.07, 6.45) is 0. The van der Waals surface area contributed by atoms with E-state index in [-0.39, 0.29) is 52.3 Å². The molecule has 5 rings (SSSR count). The summed E-state index contributed by atoms with van der Waals surface area (Å²) >= 11 is 2.65. The smallest absolute Gasteiger partial charge is 0.346 e. The highest BCUT2D eigenvalue weighted by Crippen LogP contribution is 2.71. The predicted octanol–water partition coefficient (Wildman–Crippen LogP) is 7.02. The lowest BCUT2D eigenvalue weighted by Crippen LogP contribution is -2.53. The van der Waals surface area contributed by atoms with Crippen molar-refractivity contribution >= 4 is 76.3 Å². The molecule has 0 aliphatic carbocycles. The van der Waals surface area contributed by atoms with Crippen molar-refractivity contribution in [2.75, 3.05) is 37.9 Å². The van der Waals surface area contributed by atoms with Crippen molar-refractivity contribution < 1.29 is 52.0 Å². The van der Waals surface area contributed by atoms with Gasteiger partial charge in [-0.1, -0.05) is 41.4 Å². The first kappa shape index (κ1) is 39.0. The Bertz CT molecular complexity index is 1910. The summed E-state index contributed by atoms with van der Waals surface area (Å²) in [5, 5.41) is 0. The fourth-order valence-corrected chi connectivity index (χ4v) is 11.1. The minimum Gasteiger partial charge on any atom is -0.494 e. The fourth-order valence-electron chi connectivity index (χ4n) is 6.08. The molecule has 11 nitrogen and oxygen atoms in total. The van der Waals surface area contributed by atoms with E-state index >= 15 is 0 Å². The van der Waals surface area contributed by atoms with Crippen molar-refractivity contribution in [3.05, 3.63) is 84.6 Å². The molecule has 0 aromatic heterocycles. The van der Waals surface area contributed by atoms with E-state index in [1.54, 1.807) is 59.7 Å². The summed E-state index contributed by atoms with van der Waals surface area (Å²) < 4.78 is 40.5. The van der Waals surface area contributed by atoms with Gasteiger partial charge in [0.2, 0.25) is 0 Å². The van der Waals surface area contributed by atoms with Crippen LogP contribution in [0.2, 0.25) is 0 Å². The van der Waals surface area contributed by atoms with E-state index in [0.717, 1.165) is 41.4 Å². The van der Waals surface area contributed by atoms with Gasteiger partial charge in [0.1, 0.15) is 30.4 Å². The molecular weight excluding hydrogens is 734 g/mol. The summed E-state index contributed by atoms with van der Waals surface area (Å²) in [5.41, 5.74) is -0.216. The molecule has 1 spiro atoms. The zero-order valence-electron chi connectivity index (χ0n) is 29.7. The highest BCUT2D eigenvalue weighted by molar-refractivity contribution is 8.26. The van der Waals surface area contributed by atoms with E-state index in [1.165, 1.54) is 23.1 Å². The summed E-state index contributed by atoms with van der Waals surface area (Å²) in [6.45, 7) is 12.0. The molecule has 1 amide bonds. The summed E-state index contributed by atoms with van der Waals surface area (Å²) in [7, 11) is 0. The molecule has 3 aliphatic heterocycles. The Morgan fingerprint density at radius 2 is 1.27 bits per heavy atom. The lowest BCUT2D eigenvalue weighted by atomic mass is 9.83. The molecule has 15 heteroatoms. The number of hydrogen-bond acceptors (Lipinski definition) is 13. The standard InChI is InChI=1S/C37H38FNO10S3/c1-8-45-22-16-17-24-23(19-22)25-30(36(6,7)39(24)31(40)20-14-13-15-21(38)18-20)50-27(33(42)47-10-3)26(32(41)46-9-2)37(25)51-28(34(43)48-11-4)29(52-37)35(44)49-12-5/h13-19H,8-12H2,1-7H3. The third kappa shape index (κ3) is 6.85. The van der Waals surface area contributed by atoms with Crippen molar-refractivity contribution in [3.8, 4) is 5.75 Å². The Hall–Kier alpha value is -4.21. The molecule has 0 N–H and O–H groups in total. The van der Waals surface area contributed by atoms with Gasteiger partial charge in [0.25, 0.3) is 5.91 Å². The van der Waals surface area contributed by atoms with E-state index in [9.17, 15) is 28.4 Å². The Morgan fingerprint density at radius 3 is 1.81 bits per heavy atom. The Kier molecular flexibility index (Phi) is 11.9. The number of thioether (sulfide) groups is 3. The molecule has 0 saturated heterocycles. The van der Waals surface area contributed by atoms with Gasteiger partial charge >= 0.3 is 23.9 Å². The van der Waals surface area contributed by atoms with Gasteiger partial charge < -0.3 is 23.7 Å². The zero-order chi connectivity index (χ0) is 38.0. The number of carbonyl (C=O) groups excluding carboxylic acids is 5. The SMILES string of the molecule is CCOC(=O)C1=C(C(=O)OCC)SC2(S1)C(C(=O)OCC)=C(C(=O)OCC)SC1=C2c2cc(OCC)ccc2N(C(=O)c2cccc(F)c2)C1(C)C. The Morgan fingerprint density at radius 1 is 0.712 bits per heavy atom. The maximum atomic E-state index is 14.5. The minimum atomic E-state index is -1.76. The summed E-state index contributed by atoms with van der Waals surface area (Å²) in [6, 6.07) is 10.4. The second-order valence-electron chi connectivity index (χ2n) is 11.7. The second kappa shape index (κ2) is 15.8. The molecule has 3 aliphatic rings. The van der Waals surface area contributed by atoms with E-state index in [4.69, 9.17) is 23.7 Å². The van der Waals surface area contributed by atoms with Gasteiger partial charge in [0.05, 0.1) is 49.8 Å². The van der Waals surface area contributed by atoms with Crippen LogP contribution in [-0.4, -0.2) is 72.4 Å². The molecule has 0 fully saturated rings. The van der Waals surface area contributed by atoms with E-state index in [2.05, 4.69) is 0 Å². The van der Waals surface area contributed by atoms with Crippen LogP contribution in [0.3, 0.4) is 0 Å². The molecule has 0 bridgehead atoms. The largest absolute Gasteiger partial charge is 0.494 e. The average Bonchev–Trinajstić information content (AvgIpc) is 3.49. The number of esters is 4. The number of hydrogen-bond donors (Lipinski definition) is 0. The van der Waals surface area contributed by atoms with Crippen LogP contribution < -0.4 is 9.64 Å². The monoisotopic (exact) mass is 771 g/mol. The van der Waals surface area contributed by atoms with Crippen LogP contribution in [-0.2, 0) is 38.1 Å². The first-order chi connectivity index (χ1) is 24.8. The number of fused-ring (bicyclic) bond motifs is 3. The average molecular weight is 772 g/mol. The first-order valence-corrected chi connectivity index (χ1v) is 19.1. The number of carbonyl (C=O) groups is 5. The van der Waals surface area contributed by atoms with Gasteiger partial charge in [-0.15, -0.1) is 0 Å². The van der Waals surface area contributed by atoms with E-state index in [0.29, 0.717) is 34.1 Å². The maximum absolute atomic E-state index is 14.5. The quantitative estimate of drug-likeness (QED) is 0.171. The lowest BCUT2D eigenvalue weighted by molar-refractivity contribution is -0.141. The van der Waals surface area contributed by atoms with Crippen LogP contribution >= 0.6 is 35.3 Å². The molecule has 0 unspecified atom stereocenters. The van der Waals surface area contributed by atoms with Crippen LogP contribution in [0.25, 0.3) is 5.57 Å². The summed E-state index contributed by atoms with van der Waals surface area (Å²) in [5.74, 6) is -4.12. The van der Waals surface area contributed by atoms with Crippen LogP contribution in [0.1, 0.15) is 64.4 Å². The van der Waals surface area contributed by atoms with E-state index in [1.807, 2.05) is 6.92 Å². The molecule has 0 atom stereocenters. The van der Waals surface area contributed by atoms with Gasteiger partial charge in [0, 0.05) is 21.6 Å².